The fourth-order valence-electron chi connectivity index (χ4n) is 3.68. The molecular formula is C31H46ClOP3Ru. The molecule has 6 heteroatoms. The van der Waals surface area contributed by atoms with E-state index < -0.39 is 0 Å². The van der Waals surface area contributed by atoms with E-state index in [9.17, 15) is 0 Å². The summed E-state index contributed by atoms with van der Waals surface area (Å²) in [6.45, 7) is 13.7. The van der Waals surface area contributed by atoms with Gasteiger partial charge in [-0.05, 0) is 52.9 Å². The molecule has 0 heterocycles. The van der Waals surface area contributed by atoms with E-state index in [2.05, 4.69) is 144 Å². The van der Waals surface area contributed by atoms with Crippen LogP contribution in [0.25, 0.3) is 0 Å². The van der Waals surface area contributed by atoms with E-state index in [4.69, 9.17) is 4.79 Å². The summed E-state index contributed by atoms with van der Waals surface area (Å²) in [4.78, 5) is 8.45. The van der Waals surface area contributed by atoms with E-state index in [-0.39, 0.29) is 43.2 Å². The van der Waals surface area contributed by atoms with Crippen molar-refractivity contribution in [2.75, 3.05) is 37.0 Å². The van der Waals surface area contributed by atoms with Gasteiger partial charge in [0.15, 0.2) is 0 Å². The van der Waals surface area contributed by atoms with Crippen molar-refractivity contribution in [3.05, 3.63) is 91.0 Å². The van der Waals surface area contributed by atoms with Crippen molar-refractivity contribution in [2.24, 2.45) is 0 Å². The van der Waals surface area contributed by atoms with Crippen LogP contribution in [0.15, 0.2) is 91.0 Å². The summed E-state index contributed by atoms with van der Waals surface area (Å²) in [5.41, 5.74) is 0. The zero-order chi connectivity index (χ0) is 27.0. The van der Waals surface area contributed by atoms with E-state index >= 15 is 0 Å². The van der Waals surface area contributed by atoms with Crippen molar-refractivity contribution in [1.82, 2.24) is 0 Å². The minimum absolute atomic E-state index is 0. The fourth-order valence-corrected chi connectivity index (χ4v) is 9.00. The third-order valence-electron chi connectivity index (χ3n) is 5.65. The van der Waals surface area contributed by atoms with Crippen molar-refractivity contribution in [3.8, 4) is 0 Å². The molecule has 37 heavy (non-hydrogen) atoms. The molecule has 0 saturated carbocycles. The second-order valence-corrected chi connectivity index (χ2v) is 16.3. The topological polar surface area (TPSA) is 17.1 Å². The van der Waals surface area contributed by atoms with Crippen LogP contribution in [0.1, 0.15) is 41.5 Å². The molecule has 0 aliphatic rings. The van der Waals surface area contributed by atoms with Crippen LogP contribution in [0.4, 0.5) is 0 Å². The maximum atomic E-state index is 8.45. The van der Waals surface area contributed by atoms with Crippen LogP contribution in [0.5, 0.6) is 0 Å². The van der Waals surface area contributed by atoms with E-state index in [0.717, 1.165) is 5.75 Å². The van der Waals surface area contributed by atoms with Gasteiger partial charge in [0.2, 0.25) is 0 Å². The molecule has 0 aromatic heterocycles. The number of halogens is 1. The molecule has 0 unspecified atom stereocenters. The summed E-state index contributed by atoms with van der Waals surface area (Å²) in [6, 6.07) is 32.6. The molecule has 0 spiro atoms. The van der Waals surface area contributed by atoms with Crippen LogP contribution < -0.4 is 15.9 Å². The maximum absolute atomic E-state index is 8.45. The molecule has 0 aliphatic heterocycles. The van der Waals surface area contributed by atoms with Crippen molar-refractivity contribution in [3.63, 3.8) is 0 Å². The van der Waals surface area contributed by atoms with Crippen molar-refractivity contribution >= 4 is 57.0 Å². The van der Waals surface area contributed by atoms with Crippen LogP contribution >= 0.6 is 35.4 Å². The van der Waals surface area contributed by atoms with E-state index in [0.29, 0.717) is 0 Å². The molecule has 1 radical (unpaired) electrons. The first-order valence-corrected chi connectivity index (χ1v) is 18.5. The molecule has 0 aliphatic carbocycles. The quantitative estimate of drug-likeness (QED) is 0.0971. The molecule has 0 atom stereocenters. The first kappa shape index (κ1) is 38.7. The number of rotatable bonds is 9. The molecule has 206 valence electrons. The Hall–Kier alpha value is -0.467. The van der Waals surface area contributed by atoms with Crippen molar-refractivity contribution in [2.45, 2.75) is 41.5 Å². The average Bonchev–Trinajstić information content (AvgIpc) is 2.94. The Labute approximate surface area is 249 Å². The Balaban J connectivity index is 0. The number of benzene rings is 3. The van der Waals surface area contributed by atoms with Crippen molar-refractivity contribution in [1.29, 1.82) is 0 Å². The molecule has 0 fully saturated rings. The summed E-state index contributed by atoms with van der Waals surface area (Å²) in [5, 5.41) is 4.65. The van der Waals surface area contributed by atoms with E-state index in [1.165, 1.54) is 37.0 Å². The van der Waals surface area contributed by atoms with Gasteiger partial charge in [-0.15, -0.1) is 0 Å². The van der Waals surface area contributed by atoms with E-state index in [1.807, 2.05) is 0 Å². The molecule has 0 amide bonds. The van der Waals surface area contributed by atoms with Gasteiger partial charge in [-0.25, -0.2) is 0 Å². The first-order chi connectivity index (χ1) is 17.6. The third kappa shape index (κ3) is 17.7. The van der Waals surface area contributed by atoms with Crippen LogP contribution in [0, 0.1) is 0 Å². The molecule has 1 nitrogen and oxygen atoms in total. The second kappa shape index (κ2) is 27.1. The second-order valence-electron chi connectivity index (χ2n) is 7.60. The summed E-state index contributed by atoms with van der Waals surface area (Å²) in [7, 11) is 0.446. The van der Waals surface area contributed by atoms with Gasteiger partial charge in [0.25, 0.3) is 0 Å². The van der Waals surface area contributed by atoms with Crippen LogP contribution in [-0.2, 0) is 24.3 Å². The van der Waals surface area contributed by atoms with Gasteiger partial charge in [-0.3, -0.25) is 0 Å². The normalized spacial score (nSPS) is 9.68. The van der Waals surface area contributed by atoms with Gasteiger partial charge in [-0.1, -0.05) is 156 Å². The van der Waals surface area contributed by atoms with Gasteiger partial charge >= 0.3 is 19.5 Å². The summed E-state index contributed by atoms with van der Waals surface area (Å²) < 4.78 is 0. The number of hydrogen-bond donors (Lipinski definition) is 0. The molecule has 0 bridgehead atoms. The average molecular weight is 664 g/mol. The Bertz CT molecular complexity index is 744. The predicted molar refractivity (Wildman–Crippen MR) is 175 cm³/mol. The van der Waals surface area contributed by atoms with Gasteiger partial charge < -0.3 is 16.4 Å². The Morgan fingerprint density at radius 1 is 0.486 bits per heavy atom. The molecule has 0 N–H and O–H groups in total. The molecule has 3 rings (SSSR count). The van der Waals surface area contributed by atoms with Gasteiger partial charge in [0, 0.05) is 0 Å². The Kier molecular flexibility index (Phi) is 28.3. The molecular weight excluding hydrogens is 618 g/mol. The van der Waals surface area contributed by atoms with Gasteiger partial charge in [0.1, 0.15) is 0 Å². The van der Waals surface area contributed by atoms with Crippen molar-refractivity contribution < 1.29 is 24.3 Å². The predicted octanol–water partition coefficient (Wildman–Crippen LogP) is 8.52. The monoisotopic (exact) mass is 664 g/mol. The summed E-state index contributed by atoms with van der Waals surface area (Å²) in [6.07, 6.45) is 7.89. The summed E-state index contributed by atoms with van der Waals surface area (Å²) >= 11 is 4.19. The zero-order valence-corrected chi connectivity index (χ0v) is 28.7. The summed E-state index contributed by atoms with van der Waals surface area (Å²) in [5.74, 6) is 0.972. The van der Waals surface area contributed by atoms with Crippen LogP contribution in [0.3, 0.4) is 0 Å². The standard InChI is InChI=1S/3C10H15P.CClO.Ru.H/c3*1-3-11(4-2)10-8-6-5-7-9-10;2-1-3;;/h3*5-9H,3-4H2,1-2H3;;;/q;;;-1;+1;. The SMILES string of the molecule is CCP(CC)c1ccccc1.CCP(CC)c1ccccc1.CCP(CC)c1ccccc1.O=[C-]Cl.[RuH+]. The number of hydrogen-bond acceptors (Lipinski definition) is 1. The number of carbonyl (C=O) groups excluding carboxylic acids is 1. The van der Waals surface area contributed by atoms with Gasteiger partial charge in [0.05, 0.1) is 0 Å². The molecule has 0 saturated heterocycles. The van der Waals surface area contributed by atoms with Crippen LogP contribution in [-0.4, -0.2) is 42.7 Å². The minimum atomic E-state index is 0. The molecule has 3 aromatic carbocycles. The van der Waals surface area contributed by atoms with Crippen LogP contribution in [0.2, 0.25) is 0 Å². The Morgan fingerprint density at radius 2 is 0.649 bits per heavy atom. The third-order valence-corrected chi connectivity index (χ3v) is 13.3. The Morgan fingerprint density at radius 3 is 0.784 bits per heavy atom. The van der Waals surface area contributed by atoms with Gasteiger partial charge in [-0.2, -0.15) is 5.75 Å². The first-order valence-electron chi connectivity index (χ1n) is 12.9. The fraction of sp³-hybridized carbons (Fsp3) is 0.387. The molecule has 3 aromatic rings. The van der Waals surface area contributed by atoms with E-state index in [1.54, 1.807) is 15.9 Å². The zero-order valence-electron chi connectivity index (χ0n) is 23.4.